The number of nitrogens with zero attached hydrogens (tertiary/aromatic N) is 1. The number of likely N-dealkylation sites (tertiary alicyclic amines) is 1. The van der Waals surface area contributed by atoms with Crippen LogP contribution in [0.4, 0.5) is 0 Å². The van der Waals surface area contributed by atoms with Gasteiger partial charge in [-0.15, -0.1) is 0 Å². The molecule has 0 saturated carbocycles. The minimum absolute atomic E-state index is 0.0125. The number of ether oxygens (including phenoxy) is 1. The van der Waals surface area contributed by atoms with E-state index in [0.29, 0.717) is 25.3 Å². The van der Waals surface area contributed by atoms with Crippen LogP contribution in [0.15, 0.2) is 30.3 Å². The molecule has 2 fully saturated rings. The molecule has 0 aromatic heterocycles. The Balaban J connectivity index is 1.47. The molecular weight excluding hydrogens is 370 g/mol. The summed E-state index contributed by atoms with van der Waals surface area (Å²) in [5.41, 5.74) is 0.303. The second kappa shape index (κ2) is 9.39. The third-order valence-corrected chi connectivity index (χ3v) is 5.62. The largest absolute Gasteiger partial charge is 0.375 e. The predicted molar refractivity (Wildman–Crippen MR) is 109 cm³/mol. The molecule has 1 aromatic carbocycles. The van der Waals surface area contributed by atoms with Crippen molar-refractivity contribution in [1.29, 1.82) is 0 Å². The normalized spacial score (nSPS) is 23.9. The quantitative estimate of drug-likeness (QED) is 0.787. The van der Waals surface area contributed by atoms with Crippen molar-refractivity contribution in [2.24, 2.45) is 5.92 Å². The molecule has 3 amide bonds. The summed E-state index contributed by atoms with van der Waals surface area (Å²) in [6, 6.07) is 8.93. The van der Waals surface area contributed by atoms with Crippen molar-refractivity contribution in [3.05, 3.63) is 35.9 Å². The molecule has 2 aliphatic heterocycles. The first-order chi connectivity index (χ1) is 13.8. The van der Waals surface area contributed by atoms with Gasteiger partial charge in [0, 0.05) is 31.3 Å². The summed E-state index contributed by atoms with van der Waals surface area (Å²) in [7, 11) is 0. The van der Waals surface area contributed by atoms with Gasteiger partial charge < -0.3 is 20.3 Å². The Morgan fingerprint density at radius 1 is 1.17 bits per heavy atom. The van der Waals surface area contributed by atoms with Gasteiger partial charge in [-0.2, -0.15) is 0 Å². The molecule has 2 saturated heterocycles. The van der Waals surface area contributed by atoms with Crippen LogP contribution in [0.1, 0.15) is 49.9 Å². The Labute approximate surface area is 172 Å². The molecule has 0 spiro atoms. The molecule has 0 bridgehead atoms. The van der Waals surface area contributed by atoms with E-state index >= 15 is 0 Å². The van der Waals surface area contributed by atoms with E-state index in [4.69, 9.17) is 4.74 Å². The van der Waals surface area contributed by atoms with Gasteiger partial charge in [0.15, 0.2) is 0 Å². The lowest BCUT2D eigenvalue weighted by Gasteiger charge is -2.37. The summed E-state index contributed by atoms with van der Waals surface area (Å²) < 4.78 is 5.71. The lowest BCUT2D eigenvalue weighted by atomic mass is 9.92. The monoisotopic (exact) mass is 401 g/mol. The molecule has 0 aliphatic carbocycles. The molecule has 158 valence electrons. The van der Waals surface area contributed by atoms with Crippen molar-refractivity contribution < 1.29 is 19.1 Å². The summed E-state index contributed by atoms with van der Waals surface area (Å²) in [6.07, 6.45) is 3.17. The molecule has 2 N–H and O–H groups in total. The number of amides is 3. The molecule has 7 nitrogen and oxygen atoms in total. The molecule has 0 unspecified atom stereocenters. The smallest absolute Gasteiger partial charge is 0.251 e. The van der Waals surface area contributed by atoms with Gasteiger partial charge in [-0.3, -0.25) is 14.4 Å². The van der Waals surface area contributed by atoms with E-state index in [1.54, 1.807) is 29.2 Å². The maximum atomic E-state index is 12.7. The lowest BCUT2D eigenvalue weighted by molar-refractivity contribution is -0.135. The van der Waals surface area contributed by atoms with E-state index in [1.165, 1.54) is 0 Å². The highest BCUT2D eigenvalue weighted by molar-refractivity contribution is 5.96. The van der Waals surface area contributed by atoms with Gasteiger partial charge >= 0.3 is 0 Å². The molecule has 2 atom stereocenters. The van der Waals surface area contributed by atoms with Crippen LogP contribution in [0.25, 0.3) is 0 Å². The van der Waals surface area contributed by atoms with Gasteiger partial charge in [0.05, 0.1) is 18.1 Å². The number of hydrogen-bond acceptors (Lipinski definition) is 4. The third-order valence-electron chi connectivity index (χ3n) is 5.62. The molecular formula is C22H31N3O4. The Morgan fingerprint density at radius 2 is 1.93 bits per heavy atom. The third kappa shape index (κ3) is 6.03. The van der Waals surface area contributed by atoms with Gasteiger partial charge in [0.25, 0.3) is 5.91 Å². The van der Waals surface area contributed by atoms with Crippen LogP contribution in [0.2, 0.25) is 0 Å². The van der Waals surface area contributed by atoms with Gasteiger partial charge in [-0.25, -0.2) is 0 Å². The van der Waals surface area contributed by atoms with E-state index in [-0.39, 0.29) is 41.8 Å². The zero-order valence-electron chi connectivity index (χ0n) is 17.3. The number of benzene rings is 1. The van der Waals surface area contributed by atoms with Gasteiger partial charge in [-0.1, -0.05) is 18.2 Å². The topological polar surface area (TPSA) is 87.7 Å². The summed E-state index contributed by atoms with van der Waals surface area (Å²) in [6.45, 7) is 5.68. The fraction of sp³-hybridized carbons (Fsp3) is 0.591. The highest BCUT2D eigenvalue weighted by Gasteiger charge is 2.33. The number of hydrogen-bond donors (Lipinski definition) is 2. The molecule has 0 radical (unpaired) electrons. The maximum absolute atomic E-state index is 12.7. The van der Waals surface area contributed by atoms with E-state index in [1.807, 2.05) is 19.9 Å². The van der Waals surface area contributed by atoms with E-state index in [2.05, 4.69) is 10.6 Å². The summed E-state index contributed by atoms with van der Waals surface area (Å²) >= 11 is 0. The summed E-state index contributed by atoms with van der Waals surface area (Å²) in [5, 5.41) is 5.82. The number of rotatable bonds is 5. The fourth-order valence-corrected chi connectivity index (χ4v) is 4.05. The Hall–Kier alpha value is -2.41. The van der Waals surface area contributed by atoms with E-state index in [9.17, 15) is 14.4 Å². The summed E-state index contributed by atoms with van der Waals surface area (Å²) in [4.78, 5) is 39.1. The first-order valence-electron chi connectivity index (χ1n) is 10.4. The fourth-order valence-electron chi connectivity index (χ4n) is 4.05. The van der Waals surface area contributed by atoms with Crippen LogP contribution < -0.4 is 10.6 Å². The van der Waals surface area contributed by atoms with Crippen molar-refractivity contribution in [3.8, 4) is 0 Å². The average Bonchev–Trinajstić information content (AvgIpc) is 2.71. The van der Waals surface area contributed by atoms with Crippen LogP contribution >= 0.6 is 0 Å². The van der Waals surface area contributed by atoms with Gasteiger partial charge in [-0.05, 0) is 51.7 Å². The van der Waals surface area contributed by atoms with Crippen LogP contribution in [0.3, 0.4) is 0 Å². The van der Waals surface area contributed by atoms with Crippen molar-refractivity contribution in [1.82, 2.24) is 15.5 Å². The number of piperidine rings is 1. The van der Waals surface area contributed by atoms with Gasteiger partial charge in [0.2, 0.25) is 11.8 Å². The number of carbonyl (C=O) groups excluding carboxylic acids is 3. The zero-order valence-corrected chi connectivity index (χ0v) is 17.3. The average molecular weight is 402 g/mol. The van der Waals surface area contributed by atoms with Crippen LogP contribution in [0.5, 0.6) is 0 Å². The minimum Gasteiger partial charge on any atom is -0.375 e. The first kappa shape index (κ1) is 21.3. The van der Waals surface area contributed by atoms with Crippen molar-refractivity contribution >= 4 is 17.7 Å². The van der Waals surface area contributed by atoms with Crippen LogP contribution in [-0.4, -0.2) is 60.5 Å². The minimum atomic E-state index is -0.271. The Kier molecular flexibility index (Phi) is 6.90. The second-order valence-corrected chi connectivity index (χ2v) is 8.53. The summed E-state index contributed by atoms with van der Waals surface area (Å²) in [5.74, 6) is -0.617. The molecule has 2 heterocycles. The molecule has 2 aliphatic rings. The SMILES string of the molecule is CC1(C)C[C@@H](NC(=O)[C@@H]2CCCN(C(=O)CNC(=O)c3ccccc3)C2)CCO1. The molecule has 1 aromatic rings. The highest BCUT2D eigenvalue weighted by Crippen LogP contribution is 2.25. The van der Waals surface area contributed by atoms with Crippen LogP contribution in [0, 0.1) is 5.92 Å². The van der Waals surface area contributed by atoms with Crippen molar-refractivity contribution in [3.63, 3.8) is 0 Å². The lowest BCUT2D eigenvalue weighted by Crippen LogP contribution is -2.51. The standard InChI is InChI=1S/C22H31N3O4/c1-22(2)13-18(10-12-29-22)24-21(28)17-9-6-11-25(15-17)19(26)14-23-20(27)16-7-4-3-5-8-16/h3-5,7-8,17-18H,6,9-15H2,1-2H3,(H,23,27)(H,24,28)/t17-,18+/m1/s1. The van der Waals surface area contributed by atoms with E-state index < -0.39 is 0 Å². The predicted octanol–water partition coefficient (Wildman–Crippen LogP) is 1.73. The second-order valence-electron chi connectivity index (χ2n) is 8.53. The van der Waals surface area contributed by atoms with E-state index in [0.717, 1.165) is 25.7 Å². The number of nitrogens with one attached hydrogen (secondary N) is 2. The van der Waals surface area contributed by atoms with Crippen molar-refractivity contribution in [2.75, 3.05) is 26.2 Å². The maximum Gasteiger partial charge on any atom is 0.251 e. The van der Waals surface area contributed by atoms with Crippen molar-refractivity contribution in [2.45, 2.75) is 51.2 Å². The molecule has 7 heteroatoms. The molecule has 29 heavy (non-hydrogen) atoms. The first-order valence-corrected chi connectivity index (χ1v) is 10.4. The molecule has 3 rings (SSSR count). The van der Waals surface area contributed by atoms with Gasteiger partial charge in [0.1, 0.15) is 0 Å². The zero-order chi connectivity index (χ0) is 20.9. The highest BCUT2D eigenvalue weighted by atomic mass is 16.5. The Bertz CT molecular complexity index is 735. The Morgan fingerprint density at radius 3 is 2.66 bits per heavy atom. The van der Waals surface area contributed by atoms with Crippen LogP contribution in [-0.2, 0) is 14.3 Å². The number of carbonyl (C=O) groups is 3.